The zero-order chi connectivity index (χ0) is 15.5. The predicted octanol–water partition coefficient (Wildman–Crippen LogP) is 2.18. The monoisotopic (exact) mass is 329 g/mol. The van der Waals surface area contributed by atoms with Gasteiger partial charge in [-0.25, -0.2) is 4.79 Å². The minimum Gasteiger partial charge on any atom is -0.481 e. The van der Waals surface area contributed by atoms with E-state index in [0.29, 0.717) is 22.9 Å². The molecular formula is C14H16ClNO4S. The first-order valence-corrected chi connectivity index (χ1v) is 8.02. The number of benzene rings is 1. The number of thioether (sulfide) groups is 1. The molecule has 2 atom stereocenters. The summed E-state index contributed by atoms with van der Waals surface area (Å²) in [6.07, 6.45) is -0.381. The molecule has 0 bridgehead atoms. The molecule has 7 heteroatoms. The molecule has 1 amide bonds. The molecule has 1 saturated heterocycles. The quantitative estimate of drug-likeness (QED) is 0.866. The average molecular weight is 330 g/mol. The van der Waals surface area contributed by atoms with Gasteiger partial charge in [0.2, 0.25) is 0 Å². The van der Waals surface area contributed by atoms with Crippen LogP contribution in [0.3, 0.4) is 0 Å². The van der Waals surface area contributed by atoms with Gasteiger partial charge in [-0.3, -0.25) is 4.79 Å². The van der Waals surface area contributed by atoms with E-state index in [1.54, 1.807) is 31.2 Å². The maximum Gasteiger partial charge on any atom is 0.330 e. The number of carboxylic acids is 1. The van der Waals surface area contributed by atoms with Crippen LogP contribution in [-0.4, -0.2) is 40.1 Å². The Kier molecular flexibility index (Phi) is 5.00. The molecule has 0 aliphatic carbocycles. The van der Waals surface area contributed by atoms with Gasteiger partial charge in [-0.15, -0.1) is 0 Å². The summed E-state index contributed by atoms with van der Waals surface area (Å²) >= 11 is 7.36. The molecule has 21 heavy (non-hydrogen) atoms. The van der Waals surface area contributed by atoms with E-state index in [2.05, 4.69) is 5.32 Å². The molecule has 2 rings (SSSR count). The number of ether oxygens (including phenoxy) is 1. The first-order chi connectivity index (χ1) is 9.93. The number of aliphatic carboxylic acids is 1. The van der Waals surface area contributed by atoms with E-state index < -0.39 is 23.5 Å². The Morgan fingerprint density at radius 2 is 2.29 bits per heavy atom. The lowest BCUT2D eigenvalue weighted by atomic mass is 9.99. The van der Waals surface area contributed by atoms with Gasteiger partial charge in [-0.05, 0) is 37.3 Å². The summed E-state index contributed by atoms with van der Waals surface area (Å²) in [4.78, 5) is 23.6. The van der Waals surface area contributed by atoms with Gasteiger partial charge in [0.1, 0.15) is 11.3 Å². The van der Waals surface area contributed by atoms with Crippen LogP contribution in [0.1, 0.15) is 13.3 Å². The summed E-state index contributed by atoms with van der Waals surface area (Å²) in [5, 5.41) is 12.5. The second-order valence-corrected chi connectivity index (χ2v) is 6.44. The summed E-state index contributed by atoms with van der Waals surface area (Å²) < 4.78 is 5.50. The number of hydrogen-bond acceptors (Lipinski definition) is 4. The molecule has 0 spiro atoms. The van der Waals surface area contributed by atoms with Crippen molar-refractivity contribution in [3.8, 4) is 5.75 Å². The lowest BCUT2D eigenvalue weighted by Gasteiger charge is -2.26. The zero-order valence-corrected chi connectivity index (χ0v) is 13.0. The third kappa shape index (κ3) is 3.83. The summed E-state index contributed by atoms with van der Waals surface area (Å²) in [5.41, 5.74) is -1.19. The number of halogens is 1. The molecular weight excluding hydrogens is 314 g/mol. The number of amides is 1. The minimum absolute atomic E-state index is 0.373. The lowest BCUT2D eigenvalue weighted by molar-refractivity contribution is -0.147. The molecule has 0 aromatic heterocycles. The zero-order valence-electron chi connectivity index (χ0n) is 11.5. The van der Waals surface area contributed by atoms with E-state index in [9.17, 15) is 14.7 Å². The van der Waals surface area contributed by atoms with Crippen LogP contribution in [0.2, 0.25) is 5.02 Å². The second-order valence-electron chi connectivity index (χ2n) is 4.90. The fourth-order valence-electron chi connectivity index (χ4n) is 2.02. The Morgan fingerprint density at radius 3 is 2.86 bits per heavy atom. The predicted molar refractivity (Wildman–Crippen MR) is 82.0 cm³/mol. The number of carbonyl (C=O) groups is 2. The molecule has 1 heterocycles. The molecule has 0 saturated carbocycles. The Bertz CT molecular complexity index is 546. The molecule has 0 radical (unpaired) electrons. The fourth-order valence-corrected chi connectivity index (χ4v) is 3.53. The van der Waals surface area contributed by atoms with Gasteiger partial charge in [-0.1, -0.05) is 17.7 Å². The SMILES string of the molecule is CC(Oc1cccc(Cl)c1)C(=O)NC1(C(=O)O)CCSC1. The van der Waals surface area contributed by atoms with Gasteiger partial charge in [0.05, 0.1) is 0 Å². The average Bonchev–Trinajstić information content (AvgIpc) is 2.88. The van der Waals surface area contributed by atoms with Gasteiger partial charge in [0.25, 0.3) is 5.91 Å². The van der Waals surface area contributed by atoms with E-state index in [1.807, 2.05) is 0 Å². The molecule has 1 aliphatic rings. The molecule has 1 aromatic rings. The molecule has 2 N–H and O–H groups in total. The van der Waals surface area contributed by atoms with Gasteiger partial charge >= 0.3 is 5.97 Å². The molecule has 5 nitrogen and oxygen atoms in total. The molecule has 114 valence electrons. The Hall–Kier alpha value is -1.40. The van der Waals surface area contributed by atoms with Gasteiger partial charge in [-0.2, -0.15) is 11.8 Å². The smallest absolute Gasteiger partial charge is 0.330 e. The van der Waals surface area contributed by atoms with Crippen LogP contribution in [-0.2, 0) is 9.59 Å². The Balaban J connectivity index is 2.01. The van der Waals surface area contributed by atoms with E-state index in [0.717, 1.165) is 5.75 Å². The highest BCUT2D eigenvalue weighted by Gasteiger charge is 2.44. The van der Waals surface area contributed by atoms with Crippen LogP contribution < -0.4 is 10.1 Å². The van der Waals surface area contributed by atoms with Crippen LogP contribution in [0.25, 0.3) is 0 Å². The summed E-state index contributed by atoms with van der Waals surface area (Å²) in [6.45, 7) is 1.58. The number of nitrogens with one attached hydrogen (secondary N) is 1. The van der Waals surface area contributed by atoms with Crippen molar-refractivity contribution in [2.45, 2.75) is 25.0 Å². The first kappa shape index (κ1) is 16.0. The van der Waals surface area contributed by atoms with Crippen molar-refractivity contribution >= 4 is 35.2 Å². The van der Waals surface area contributed by atoms with Gasteiger partial charge in [0, 0.05) is 10.8 Å². The molecule has 1 aliphatic heterocycles. The van der Waals surface area contributed by atoms with Crippen molar-refractivity contribution in [2.24, 2.45) is 0 Å². The third-order valence-corrected chi connectivity index (χ3v) is 4.70. The van der Waals surface area contributed by atoms with Crippen molar-refractivity contribution in [1.82, 2.24) is 5.32 Å². The number of rotatable bonds is 5. The van der Waals surface area contributed by atoms with E-state index in [1.165, 1.54) is 11.8 Å². The lowest BCUT2D eigenvalue weighted by Crippen LogP contribution is -2.57. The number of carbonyl (C=O) groups excluding carboxylic acids is 1. The summed E-state index contributed by atoms with van der Waals surface area (Å²) in [5.74, 6) is 0.111. The summed E-state index contributed by atoms with van der Waals surface area (Å²) in [6, 6.07) is 6.71. The number of hydrogen-bond donors (Lipinski definition) is 2. The highest BCUT2D eigenvalue weighted by molar-refractivity contribution is 7.99. The topological polar surface area (TPSA) is 75.6 Å². The van der Waals surface area contributed by atoms with Gasteiger partial charge in [0.15, 0.2) is 6.10 Å². The molecule has 1 aromatic carbocycles. The van der Waals surface area contributed by atoms with Crippen molar-refractivity contribution < 1.29 is 19.4 Å². The number of carboxylic acid groups (broad SMARTS) is 1. The Morgan fingerprint density at radius 1 is 1.52 bits per heavy atom. The van der Waals surface area contributed by atoms with E-state index >= 15 is 0 Å². The normalized spacial score (nSPS) is 22.6. The largest absolute Gasteiger partial charge is 0.481 e. The highest BCUT2D eigenvalue weighted by Crippen LogP contribution is 2.28. The van der Waals surface area contributed by atoms with Crippen LogP contribution in [0.5, 0.6) is 5.75 Å². The maximum absolute atomic E-state index is 12.2. The van der Waals surface area contributed by atoms with E-state index in [-0.39, 0.29) is 0 Å². The second kappa shape index (κ2) is 6.58. The van der Waals surface area contributed by atoms with Crippen molar-refractivity contribution in [2.75, 3.05) is 11.5 Å². The fraction of sp³-hybridized carbons (Fsp3) is 0.429. The molecule has 1 fully saturated rings. The standard InChI is InChI=1S/C14H16ClNO4S/c1-9(20-11-4-2-3-10(15)7-11)12(17)16-14(13(18)19)5-6-21-8-14/h2-4,7,9H,5-6,8H2,1H3,(H,16,17)(H,18,19). The summed E-state index contributed by atoms with van der Waals surface area (Å²) in [7, 11) is 0. The van der Waals surface area contributed by atoms with Crippen LogP contribution >= 0.6 is 23.4 Å². The Labute approximate surface area is 132 Å². The molecule has 2 unspecified atom stereocenters. The van der Waals surface area contributed by atoms with E-state index in [4.69, 9.17) is 16.3 Å². The maximum atomic E-state index is 12.2. The van der Waals surface area contributed by atoms with Crippen LogP contribution in [0.4, 0.5) is 0 Å². The van der Waals surface area contributed by atoms with Crippen molar-refractivity contribution in [3.05, 3.63) is 29.3 Å². The van der Waals surface area contributed by atoms with Crippen molar-refractivity contribution in [3.63, 3.8) is 0 Å². The van der Waals surface area contributed by atoms with Crippen molar-refractivity contribution in [1.29, 1.82) is 0 Å². The van der Waals surface area contributed by atoms with Gasteiger partial charge < -0.3 is 15.2 Å². The highest BCUT2D eigenvalue weighted by atomic mass is 35.5. The van der Waals surface area contributed by atoms with Crippen LogP contribution in [0, 0.1) is 0 Å². The first-order valence-electron chi connectivity index (χ1n) is 6.48. The third-order valence-electron chi connectivity index (χ3n) is 3.27. The minimum atomic E-state index is -1.19. The van der Waals surface area contributed by atoms with Crippen LogP contribution in [0.15, 0.2) is 24.3 Å².